The molecule has 0 aliphatic carbocycles. The first kappa shape index (κ1) is 13.3. The Kier molecular flexibility index (Phi) is 4.76. The van der Waals surface area contributed by atoms with Gasteiger partial charge in [0.25, 0.3) is 0 Å². The highest BCUT2D eigenvalue weighted by Gasteiger charge is 2.10. The van der Waals surface area contributed by atoms with Gasteiger partial charge in [-0.15, -0.1) is 0 Å². The molecule has 0 radical (unpaired) electrons. The first-order valence-electron chi connectivity index (χ1n) is 5.34. The molecule has 0 aliphatic rings. The summed E-state index contributed by atoms with van der Waals surface area (Å²) in [4.78, 5) is 0. The average Bonchev–Trinajstić information content (AvgIpc) is 2.35. The van der Waals surface area contributed by atoms with E-state index in [-0.39, 0.29) is 6.04 Å². The Morgan fingerprint density at radius 1 is 1.59 bits per heavy atom. The Morgan fingerprint density at radius 3 is 2.82 bits per heavy atom. The molecule has 0 aliphatic heterocycles. The summed E-state index contributed by atoms with van der Waals surface area (Å²) in [5.41, 5.74) is 6.87. The second-order valence-corrected chi connectivity index (χ2v) is 3.81. The zero-order valence-electron chi connectivity index (χ0n) is 9.97. The van der Waals surface area contributed by atoms with Crippen LogP contribution in [0, 0.1) is 11.3 Å². The Bertz CT molecular complexity index is 413. The fraction of sp³-hybridized carbons (Fsp3) is 0.417. The van der Waals surface area contributed by atoms with E-state index >= 15 is 0 Å². The van der Waals surface area contributed by atoms with Crippen LogP contribution in [0.5, 0.6) is 5.75 Å². The topological polar surface area (TPSA) is 91.3 Å². The lowest BCUT2D eigenvalue weighted by Gasteiger charge is -2.17. The van der Waals surface area contributed by atoms with Crippen LogP contribution in [0.3, 0.4) is 0 Å². The van der Waals surface area contributed by atoms with E-state index in [0.29, 0.717) is 23.5 Å². The number of nitriles is 1. The SMILES string of the molecule is COc1ccc(C#N)c(NCC(N)C(C)O)c1. The number of nitrogens with one attached hydrogen (secondary N) is 1. The molecule has 92 valence electrons. The second kappa shape index (κ2) is 6.09. The molecule has 2 unspecified atom stereocenters. The molecule has 1 aromatic rings. The number of ether oxygens (including phenoxy) is 1. The monoisotopic (exact) mass is 235 g/mol. The van der Waals surface area contributed by atoms with Crippen LogP contribution >= 0.6 is 0 Å². The third-order valence-corrected chi connectivity index (χ3v) is 2.50. The molecule has 0 heterocycles. The molecule has 5 nitrogen and oxygen atoms in total. The largest absolute Gasteiger partial charge is 0.497 e. The van der Waals surface area contributed by atoms with Crippen LogP contribution in [0.2, 0.25) is 0 Å². The van der Waals surface area contributed by atoms with Crippen LogP contribution in [0.1, 0.15) is 12.5 Å². The predicted molar refractivity (Wildman–Crippen MR) is 65.9 cm³/mol. The lowest BCUT2D eigenvalue weighted by Crippen LogP contribution is -2.38. The summed E-state index contributed by atoms with van der Waals surface area (Å²) in [6.45, 7) is 2.02. The average molecular weight is 235 g/mol. The zero-order valence-corrected chi connectivity index (χ0v) is 9.97. The molecular weight excluding hydrogens is 218 g/mol. The fourth-order valence-corrected chi connectivity index (χ4v) is 1.29. The predicted octanol–water partition coefficient (Wildman–Crippen LogP) is 0.687. The molecule has 0 saturated heterocycles. The normalized spacial score (nSPS) is 13.6. The van der Waals surface area contributed by atoms with Crippen molar-refractivity contribution in [3.8, 4) is 11.8 Å². The minimum absolute atomic E-state index is 0.382. The summed E-state index contributed by atoms with van der Waals surface area (Å²) in [7, 11) is 1.56. The number of anilines is 1. The van der Waals surface area contributed by atoms with Crippen LogP contribution in [-0.2, 0) is 0 Å². The first-order valence-corrected chi connectivity index (χ1v) is 5.34. The standard InChI is InChI=1S/C12H17N3O2/c1-8(16)11(14)7-15-12-5-10(17-2)4-3-9(12)6-13/h3-5,8,11,15-16H,7,14H2,1-2H3. The summed E-state index contributed by atoms with van der Waals surface area (Å²) in [5.74, 6) is 0.664. The number of hydrogen-bond donors (Lipinski definition) is 3. The highest BCUT2D eigenvalue weighted by molar-refractivity contribution is 5.60. The Balaban J connectivity index is 2.78. The van der Waals surface area contributed by atoms with Gasteiger partial charge in [0.15, 0.2) is 0 Å². The summed E-state index contributed by atoms with van der Waals surface area (Å²) in [6, 6.07) is 6.82. The fourth-order valence-electron chi connectivity index (χ4n) is 1.29. The van der Waals surface area contributed by atoms with Gasteiger partial charge in [0, 0.05) is 18.7 Å². The molecule has 0 fully saturated rings. The highest BCUT2D eigenvalue weighted by Crippen LogP contribution is 2.21. The maximum Gasteiger partial charge on any atom is 0.121 e. The number of aliphatic hydroxyl groups excluding tert-OH is 1. The number of nitrogens with two attached hydrogens (primary N) is 1. The Labute approximate surface area is 101 Å². The molecule has 1 aromatic carbocycles. The van der Waals surface area contributed by atoms with Crippen molar-refractivity contribution >= 4 is 5.69 Å². The minimum atomic E-state index is -0.598. The summed E-state index contributed by atoms with van der Waals surface area (Å²) >= 11 is 0. The second-order valence-electron chi connectivity index (χ2n) is 3.81. The van der Waals surface area contributed by atoms with E-state index in [4.69, 9.17) is 15.7 Å². The molecule has 0 bridgehead atoms. The van der Waals surface area contributed by atoms with Gasteiger partial charge in [0.05, 0.1) is 24.5 Å². The molecule has 5 heteroatoms. The van der Waals surface area contributed by atoms with Gasteiger partial charge in [-0.2, -0.15) is 5.26 Å². The molecule has 4 N–H and O–H groups in total. The summed E-state index contributed by atoms with van der Waals surface area (Å²) < 4.78 is 5.08. The number of hydrogen-bond acceptors (Lipinski definition) is 5. The van der Waals surface area contributed by atoms with Crippen molar-refractivity contribution in [3.63, 3.8) is 0 Å². The Hall–Kier alpha value is -1.77. The van der Waals surface area contributed by atoms with Crippen LogP contribution in [0.4, 0.5) is 5.69 Å². The van der Waals surface area contributed by atoms with E-state index < -0.39 is 6.10 Å². The Morgan fingerprint density at radius 2 is 2.29 bits per heavy atom. The molecule has 0 aromatic heterocycles. The van der Waals surface area contributed by atoms with Gasteiger partial charge in [-0.3, -0.25) is 0 Å². The van der Waals surface area contributed by atoms with Crippen molar-refractivity contribution < 1.29 is 9.84 Å². The quantitative estimate of drug-likeness (QED) is 0.698. The van der Waals surface area contributed by atoms with E-state index in [1.54, 1.807) is 32.2 Å². The van der Waals surface area contributed by atoms with Crippen LogP contribution in [0.15, 0.2) is 18.2 Å². The van der Waals surface area contributed by atoms with Gasteiger partial charge >= 0.3 is 0 Å². The van der Waals surface area contributed by atoms with Gasteiger partial charge in [0.1, 0.15) is 11.8 Å². The van der Waals surface area contributed by atoms with E-state index in [1.807, 2.05) is 0 Å². The molecule has 0 spiro atoms. The first-order chi connectivity index (χ1) is 8.08. The maximum absolute atomic E-state index is 9.27. The van der Waals surface area contributed by atoms with E-state index in [1.165, 1.54) is 0 Å². The van der Waals surface area contributed by atoms with Crippen molar-refractivity contribution in [2.24, 2.45) is 5.73 Å². The number of nitrogens with zero attached hydrogens (tertiary/aromatic N) is 1. The van der Waals surface area contributed by atoms with Gasteiger partial charge in [-0.05, 0) is 19.1 Å². The molecular formula is C12H17N3O2. The van der Waals surface area contributed by atoms with Crippen molar-refractivity contribution in [1.82, 2.24) is 0 Å². The highest BCUT2D eigenvalue weighted by atomic mass is 16.5. The van der Waals surface area contributed by atoms with Crippen molar-refractivity contribution in [2.45, 2.75) is 19.1 Å². The summed E-state index contributed by atoms with van der Waals surface area (Å²) in [5, 5.41) is 21.2. The van der Waals surface area contributed by atoms with Gasteiger partial charge in [0.2, 0.25) is 0 Å². The molecule has 17 heavy (non-hydrogen) atoms. The smallest absolute Gasteiger partial charge is 0.121 e. The molecule has 2 atom stereocenters. The van der Waals surface area contributed by atoms with Gasteiger partial charge in [-0.1, -0.05) is 0 Å². The van der Waals surface area contributed by atoms with E-state index in [0.717, 1.165) is 0 Å². The lowest BCUT2D eigenvalue weighted by atomic mass is 10.1. The zero-order chi connectivity index (χ0) is 12.8. The van der Waals surface area contributed by atoms with E-state index in [9.17, 15) is 5.11 Å². The number of rotatable bonds is 5. The minimum Gasteiger partial charge on any atom is -0.497 e. The van der Waals surface area contributed by atoms with Gasteiger partial charge < -0.3 is 20.9 Å². The number of aliphatic hydroxyl groups is 1. The van der Waals surface area contributed by atoms with Crippen LogP contribution in [-0.4, -0.2) is 30.9 Å². The van der Waals surface area contributed by atoms with E-state index in [2.05, 4.69) is 11.4 Å². The maximum atomic E-state index is 9.27. The van der Waals surface area contributed by atoms with Gasteiger partial charge in [-0.25, -0.2) is 0 Å². The summed E-state index contributed by atoms with van der Waals surface area (Å²) in [6.07, 6.45) is -0.598. The lowest BCUT2D eigenvalue weighted by molar-refractivity contribution is 0.168. The molecule has 1 rings (SSSR count). The number of benzene rings is 1. The van der Waals surface area contributed by atoms with Crippen LogP contribution < -0.4 is 15.8 Å². The van der Waals surface area contributed by atoms with Crippen LogP contribution in [0.25, 0.3) is 0 Å². The molecule has 0 saturated carbocycles. The molecule has 0 amide bonds. The third kappa shape index (κ3) is 3.63. The third-order valence-electron chi connectivity index (χ3n) is 2.50. The van der Waals surface area contributed by atoms with Crippen molar-refractivity contribution in [1.29, 1.82) is 5.26 Å². The van der Waals surface area contributed by atoms with Crippen molar-refractivity contribution in [3.05, 3.63) is 23.8 Å². The number of methoxy groups -OCH3 is 1. The van der Waals surface area contributed by atoms with Crippen molar-refractivity contribution in [2.75, 3.05) is 19.0 Å².